The van der Waals surface area contributed by atoms with Gasteiger partial charge in [-0.15, -0.1) is 0 Å². The Bertz CT molecular complexity index is 584. The fraction of sp³-hybridized carbons (Fsp3) is 0.588. The molecule has 7 heteroatoms. The van der Waals surface area contributed by atoms with Crippen molar-refractivity contribution in [3.8, 4) is 11.5 Å². The molecular formula is C17H27N5O2. The molecule has 132 valence electrons. The molecule has 2 bridgehead atoms. The van der Waals surface area contributed by atoms with E-state index in [2.05, 4.69) is 25.4 Å². The average Bonchev–Trinajstić information content (AvgIpc) is 2.65. The Balaban J connectivity index is 1.57. The number of benzene rings is 1. The maximum Gasteiger partial charge on any atom is 0.195 e. The number of nitrogens with zero attached hydrogens (tertiary/aromatic N) is 3. The second-order valence-corrected chi connectivity index (χ2v) is 6.14. The molecule has 0 saturated carbocycles. The quantitative estimate of drug-likeness (QED) is 0.611. The second-order valence-electron chi connectivity index (χ2n) is 6.14. The topological polar surface area (TPSA) is 61.4 Å². The van der Waals surface area contributed by atoms with Gasteiger partial charge in [-0.25, -0.2) is 0 Å². The van der Waals surface area contributed by atoms with Crippen molar-refractivity contribution in [3.63, 3.8) is 0 Å². The highest BCUT2D eigenvalue weighted by Crippen LogP contribution is 2.29. The number of hydrogen-bond acceptors (Lipinski definition) is 5. The lowest BCUT2D eigenvalue weighted by molar-refractivity contribution is 0.0155. The molecule has 0 spiro atoms. The molecule has 0 aliphatic carbocycles. The molecule has 1 aromatic carbocycles. The summed E-state index contributed by atoms with van der Waals surface area (Å²) in [5, 5.41) is 6.75. The number of guanidine groups is 1. The van der Waals surface area contributed by atoms with Gasteiger partial charge in [-0.2, -0.15) is 0 Å². The maximum atomic E-state index is 5.34. The van der Waals surface area contributed by atoms with Crippen LogP contribution in [-0.4, -0.2) is 82.3 Å². The number of hydrogen-bond donors (Lipinski definition) is 2. The standard InChI is InChI=1S/C17H27N5O2/c1-18-17(19-11-14-12-21-6-8-22(14)9-7-21)20-13-4-5-15(23-2)16(10-13)24-3/h4-5,10,14H,6-9,11-12H2,1-3H3,(H2,18,19,20). The highest BCUT2D eigenvalue weighted by atomic mass is 16.5. The Morgan fingerprint density at radius 3 is 2.50 bits per heavy atom. The molecule has 24 heavy (non-hydrogen) atoms. The number of nitrogens with one attached hydrogen (secondary N) is 2. The van der Waals surface area contributed by atoms with Crippen molar-refractivity contribution in [3.05, 3.63) is 18.2 Å². The zero-order valence-corrected chi connectivity index (χ0v) is 14.7. The first-order valence-electron chi connectivity index (χ1n) is 8.39. The molecule has 3 aliphatic rings. The van der Waals surface area contributed by atoms with E-state index in [1.807, 2.05) is 18.2 Å². The minimum Gasteiger partial charge on any atom is -0.493 e. The molecule has 1 aromatic rings. The van der Waals surface area contributed by atoms with E-state index in [9.17, 15) is 0 Å². The summed E-state index contributed by atoms with van der Waals surface area (Å²) < 4.78 is 10.6. The molecule has 1 unspecified atom stereocenters. The van der Waals surface area contributed by atoms with Gasteiger partial charge >= 0.3 is 0 Å². The van der Waals surface area contributed by atoms with Crippen molar-refractivity contribution in [2.24, 2.45) is 4.99 Å². The number of aliphatic imine (C=N–C) groups is 1. The zero-order valence-electron chi connectivity index (χ0n) is 14.7. The number of rotatable bonds is 5. The SMILES string of the molecule is CN=C(NCC1CN2CCN1CC2)Nc1ccc(OC)c(OC)c1. The molecule has 1 atom stereocenters. The summed E-state index contributed by atoms with van der Waals surface area (Å²) in [7, 11) is 5.05. The van der Waals surface area contributed by atoms with Crippen molar-refractivity contribution in [1.29, 1.82) is 0 Å². The monoisotopic (exact) mass is 333 g/mol. The first-order chi connectivity index (χ1) is 11.7. The third-order valence-electron chi connectivity index (χ3n) is 4.77. The molecule has 3 heterocycles. The maximum absolute atomic E-state index is 5.34. The molecule has 0 aromatic heterocycles. The van der Waals surface area contributed by atoms with Gasteiger partial charge in [0.15, 0.2) is 17.5 Å². The molecule has 3 fully saturated rings. The first kappa shape index (κ1) is 16.9. The predicted molar refractivity (Wildman–Crippen MR) is 96.3 cm³/mol. The van der Waals surface area contributed by atoms with Gasteiger partial charge in [-0.1, -0.05) is 0 Å². The highest BCUT2D eigenvalue weighted by Gasteiger charge is 2.31. The summed E-state index contributed by atoms with van der Waals surface area (Å²) >= 11 is 0. The van der Waals surface area contributed by atoms with Crippen LogP contribution in [0.15, 0.2) is 23.2 Å². The third kappa shape index (κ3) is 3.73. The Kier molecular flexibility index (Phi) is 5.42. The number of anilines is 1. The van der Waals surface area contributed by atoms with Gasteiger partial charge in [0.1, 0.15) is 0 Å². The van der Waals surface area contributed by atoms with Gasteiger partial charge in [0.25, 0.3) is 0 Å². The second kappa shape index (κ2) is 7.72. The van der Waals surface area contributed by atoms with Crippen LogP contribution in [0.5, 0.6) is 11.5 Å². The van der Waals surface area contributed by atoms with Crippen molar-refractivity contribution in [1.82, 2.24) is 15.1 Å². The van der Waals surface area contributed by atoms with E-state index >= 15 is 0 Å². The lowest BCUT2D eigenvalue weighted by atomic mass is 10.1. The molecule has 3 aliphatic heterocycles. The van der Waals surface area contributed by atoms with Crippen LogP contribution in [0.1, 0.15) is 0 Å². The fourth-order valence-electron chi connectivity index (χ4n) is 3.36. The van der Waals surface area contributed by atoms with Crippen LogP contribution in [0.2, 0.25) is 0 Å². The van der Waals surface area contributed by atoms with E-state index in [1.54, 1.807) is 21.3 Å². The highest BCUT2D eigenvalue weighted by molar-refractivity contribution is 5.93. The minimum atomic E-state index is 0.552. The van der Waals surface area contributed by atoms with Crippen LogP contribution < -0.4 is 20.1 Å². The van der Waals surface area contributed by atoms with Gasteiger partial charge < -0.3 is 20.1 Å². The Morgan fingerprint density at radius 1 is 1.17 bits per heavy atom. The molecule has 2 N–H and O–H groups in total. The molecule has 0 amide bonds. The minimum absolute atomic E-state index is 0.552. The lowest BCUT2D eigenvalue weighted by Gasteiger charge is -2.47. The van der Waals surface area contributed by atoms with Gasteiger partial charge in [0, 0.05) is 64.1 Å². The summed E-state index contributed by atoms with van der Waals surface area (Å²) in [4.78, 5) is 9.42. The number of ether oxygens (including phenoxy) is 2. The van der Waals surface area contributed by atoms with E-state index in [0.29, 0.717) is 17.5 Å². The summed E-state index contributed by atoms with van der Waals surface area (Å²) in [6, 6.07) is 6.29. The number of piperazine rings is 3. The normalized spacial score (nSPS) is 26.1. The van der Waals surface area contributed by atoms with E-state index in [-0.39, 0.29) is 0 Å². The van der Waals surface area contributed by atoms with Crippen molar-refractivity contribution in [2.75, 3.05) is 65.9 Å². The summed E-state index contributed by atoms with van der Waals surface area (Å²) in [6.45, 7) is 6.79. The van der Waals surface area contributed by atoms with Gasteiger partial charge in [0.05, 0.1) is 14.2 Å². The average molecular weight is 333 g/mol. The molecule has 0 radical (unpaired) electrons. The van der Waals surface area contributed by atoms with Crippen LogP contribution >= 0.6 is 0 Å². The molecule has 3 saturated heterocycles. The van der Waals surface area contributed by atoms with Crippen molar-refractivity contribution in [2.45, 2.75) is 6.04 Å². The lowest BCUT2D eigenvalue weighted by Crippen LogP contribution is -2.63. The van der Waals surface area contributed by atoms with E-state index in [0.717, 1.165) is 24.7 Å². The Morgan fingerprint density at radius 2 is 1.92 bits per heavy atom. The summed E-state index contributed by atoms with van der Waals surface area (Å²) in [5.74, 6) is 2.17. The van der Waals surface area contributed by atoms with Crippen molar-refractivity contribution < 1.29 is 9.47 Å². The first-order valence-corrected chi connectivity index (χ1v) is 8.39. The van der Waals surface area contributed by atoms with Crippen molar-refractivity contribution >= 4 is 11.6 Å². The van der Waals surface area contributed by atoms with Gasteiger partial charge in [-0.3, -0.25) is 14.8 Å². The fourth-order valence-corrected chi connectivity index (χ4v) is 3.36. The summed E-state index contributed by atoms with van der Waals surface area (Å²) in [6.07, 6.45) is 0. The van der Waals surface area contributed by atoms with Crippen LogP contribution in [0.25, 0.3) is 0 Å². The largest absolute Gasteiger partial charge is 0.493 e. The Labute approximate surface area is 143 Å². The summed E-state index contributed by atoms with van der Waals surface area (Å²) in [5.41, 5.74) is 0.912. The van der Waals surface area contributed by atoms with E-state index in [4.69, 9.17) is 9.47 Å². The third-order valence-corrected chi connectivity index (χ3v) is 4.77. The van der Waals surface area contributed by atoms with E-state index < -0.39 is 0 Å². The molecule has 7 nitrogen and oxygen atoms in total. The van der Waals surface area contributed by atoms with Gasteiger partial charge in [0.2, 0.25) is 0 Å². The smallest absolute Gasteiger partial charge is 0.195 e. The number of fused-ring (bicyclic) bond motifs is 3. The molecular weight excluding hydrogens is 306 g/mol. The van der Waals surface area contributed by atoms with Crippen LogP contribution in [0.3, 0.4) is 0 Å². The van der Waals surface area contributed by atoms with Crippen LogP contribution in [0.4, 0.5) is 5.69 Å². The van der Waals surface area contributed by atoms with E-state index in [1.165, 1.54) is 26.2 Å². The molecule has 4 rings (SSSR count). The van der Waals surface area contributed by atoms with Gasteiger partial charge in [-0.05, 0) is 12.1 Å². The van der Waals surface area contributed by atoms with Crippen LogP contribution in [0, 0.1) is 0 Å². The predicted octanol–water partition coefficient (Wildman–Crippen LogP) is 0.691. The Hall–Kier alpha value is -1.99. The zero-order chi connectivity index (χ0) is 16.9. The van der Waals surface area contributed by atoms with Crippen LogP contribution in [-0.2, 0) is 0 Å². The number of methoxy groups -OCH3 is 2.